The normalized spacial score (nSPS) is 10.2. The van der Waals surface area contributed by atoms with Crippen molar-refractivity contribution in [2.24, 2.45) is 0 Å². The Morgan fingerprint density at radius 2 is 2.25 bits per heavy atom. The van der Waals surface area contributed by atoms with Gasteiger partial charge in [0.15, 0.2) is 0 Å². The van der Waals surface area contributed by atoms with E-state index in [-0.39, 0.29) is 12.6 Å². The number of nitrogens with one attached hydrogen (secondary N) is 1. The molecule has 88 valence electrons. The average Bonchev–Trinajstić information content (AvgIpc) is 2.17. The third-order valence-corrected chi connectivity index (χ3v) is 1.88. The standard InChI is InChI=1S/C11H16N2O3/c1-7(2)16-10-4-3-9(12)5-8(10)6-13-11(14)15/h3-5,7,13H,6,12H2,1-2H3,(H,14,15). The van der Waals surface area contributed by atoms with Crippen molar-refractivity contribution in [2.75, 3.05) is 5.73 Å². The third-order valence-electron chi connectivity index (χ3n) is 1.88. The van der Waals surface area contributed by atoms with Gasteiger partial charge in [0, 0.05) is 17.8 Å². The Kier molecular flexibility index (Phi) is 3.99. The van der Waals surface area contributed by atoms with E-state index in [1.54, 1.807) is 18.2 Å². The zero-order valence-electron chi connectivity index (χ0n) is 9.36. The van der Waals surface area contributed by atoms with Gasteiger partial charge in [-0.25, -0.2) is 4.79 Å². The average molecular weight is 224 g/mol. The van der Waals surface area contributed by atoms with Crippen molar-refractivity contribution in [1.82, 2.24) is 5.32 Å². The molecule has 1 aromatic carbocycles. The molecule has 0 aromatic heterocycles. The molecule has 0 spiro atoms. The minimum Gasteiger partial charge on any atom is -0.491 e. The molecule has 1 amide bonds. The summed E-state index contributed by atoms with van der Waals surface area (Å²) in [5.74, 6) is 0.651. The minimum absolute atomic E-state index is 0.0344. The molecular formula is C11H16N2O3. The zero-order valence-corrected chi connectivity index (χ0v) is 9.36. The van der Waals surface area contributed by atoms with E-state index in [1.807, 2.05) is 13.8 Å². The monoisotopic (exact) mass is 224 g/mol. The third kappa shape index (κ3) is 3.68. The Labute approximate surface area is 94.2 Å². The molecule has 1 rings (SSSR count). The molecule has 0 aliphatic rings. The van der Waals surface area contributed by atoms with Gasteiger partial charge in [0.05, 0.1) is 6.10 Å². The van der Waals surface area contributed by atoms with E-state index in [0.717, 1.165) is 5.56 Å². The van der Waals surface area contributed by atoms with Crippen molar-refractivity contribution in [3.63, 3.8) is 0 Å². The molecule has 0 bridgehead atoms. The summed E-state index contributed by atoms with van der Waals surface area (Å²) in [6.45, 7) is 4.00. The van der Waals surface area contributed by atoms with Crippen LogP contribution in [0.15, 0.2) is 18.2 Å². The molecule has 1 aromatic rings. The van der Waals surface area contributed by atoms with Crippen molar-refractivity contribution < 1.29 is 14.6 Å². The predicted octanol–water partition coefficient (Wildman–Crippen LogP) is 1.82. The predicted molar refractivity (Wildman–Crippen MR) is 61.5 cm³/mol. The number of rotatable bonds is 4. The number of nitrogen functional groups attached to an aromatic ring is 1. The number of benzene rings is 1. The van der Waals surface area contributed by atoms with Gasteiger partial charge in [0.25, 0.3) is 0 Å². The molecule has 0 aliphatic heterocycles. The van der Waals surface area contributed by atoms with Gasteiger partial charge in [-0.1, -0.05) is 0 Å². The van der Waals surface area contributed by atoms with Gasteiger partial charge in [-0.2, -0.15) is 0 Å². The van der Waals surface area contributed by atoms with E-state index in [4.69, 9.17) is 15.6 Å². The summed E-state index contributed by atoms with van der Waals surface area (Å²) in [5, 5.41) is 10.8. The van der Waals surface area contributed by atoms with E-state index in [9.17, 15) is 4.79 Å². The number of carbonyl (C=O) groups is 1. The van der Waals surface area contributed by atoms with Crippen LogP contribution in [0, 0.1) is 0 Å². The van der Waals surface area contributed by atoms with Crippen LogP contribution in [-0.4, -0.2) is 17.3 Å². The highest BCUT2D eigenvalue weighted by Crippen LogP contribution is 2.22. The summed E-state index contributed by atoms with van der Waals surface area (Å²) in [6, 6.07) is 5.17. The summed E-state index contributed by atoms with van der Waals surface area (Å²) in [4.78, 5) is 10.4. The lowest BCUT2D eigenvalue weighted by Gasteiger charge is -2.14. The molecule has 0 aliphatic carbocycles. The molecule has 0 saturated carbocycles. The van der Waals surface area contributed by atoms with E-state index in [2.05, 4.69) is 5.32 Å². The van der Waals surface area contributed by atoms with E-state index >= 15 is 0 Å². The zero-order chi connectivity index (χ0) is 12.1. The van der Waals surface area contributed by atoms with Crippen molar-refractivity contribution >= 4 is 11.8 Å². The molecule has 0 radical (unpaired) electrons. The summed E-state index contributed by atoms with van der Waals surface area (Å²) < 4.78 is 5.54. The number of hydrogen-bond donors (Lipinski definition) is 3. The summed E-state index contributed by atoms with van der Waals surface area (Å²) in [5.41, 5.74) is 6.95. The van der Waals surface area contributed by atoms with Gasteiger partial charge < -0.3 is 20.9 Å². The van der Waals surface area contributed by atoms with Crippen LogP contribution >= 0.6 is 0 Å². The Bertz CT molecular complexity index is 377. The fourth-order valence-corrected chi connectivity index (χ4v) is 1.28. The first-order valence-corrected chi connectivity index (χ1v) is 5.01. The topological polar surface area (TPSA) is 84.6 Å². The minimum atomic E-state index is -1.07. The maximum atomic E-state index is 10.4. The maximum Gasteiger partial charge on any atom is 0.404 e. The fraction of sp³-hybridized carbons (Fsp3) is 0.364. The van der Waals surface area contributed by atoms with Crippen LogP contribution in [0.3, 0.4) is 0 Å². The second kappa shape index (κ2) is 5.25. The molecular weight excluding hydrogens is 208 g/mol. The molecule has 0 saturated heterocycles. The van der Waals surface area contributed by atoms with E-state index in [0.29, 0.717) is 11.4 Å². The van der Waals surface area contributed by atoms with Crippen LogP contribution < -0.4 is 15.8 Å². The van der Waals surface area contributed by atoms with Crippen molar-refractivity contribution in [2.45, 2.75) is 26.5 Å². The van der Waals surface area contributed by atoms with Crippen molar-refractivity contribution in [1.29, 1.82) is 0 Å². The molecule has 16 heavy (non-hydrogen) atoms. The molecule has 4 N–H and O–H groups in total. The van der Waals surface area contributed by atoms with Crippen LogP contribution in [0.25, 0.3) is 0 Å². The highest BCUT2D eigenvalue weighted by atomic mass is 16.5. The summed E-state index contributed by atoms with van der Waals surface area (Å²) in [6.07, 6.45) is -1.04. The van der Waals surface area contributed by atoms with Crippen LogP contribution in [0.5, 0.6) is 5.75 Å². The smallest absolute Gasteiger partial charge is 0.404 e. The number of anilines is 1. The Morgan fingerprint density at radius 3 is 2.81 bits per heavy atom. The van der Waals surface area contributed by atoms with Crippen LogP contribution in [0.4, 0.5) is 10.5 Å². The molecule has 5 heteroatoms. The number of amides is 1. The number of ether oxygens (including phenoxy) is 1. The lowest BCUT2D eigenvalue weighted by Crippen LogP contribution is -2.21. The maximum absolute atomic E-state index is 10.4. The van der Waals surface area contributed by atoms with Gasteiger partial charge in [-0.05, 0) is 32.0 Å². The second-order valence-corrected chi connectivity index (χ2v) is 3.69. The van der Waals surface area contributed by atoms with Crippen LogP contribution in [0.2, 0.25) is 0 Å². The molecule has 5 nitrogen and oxygen atoms in total. The fourth-order valence-electron chi connectivity index (χ4n) is 1.28. The summed E-state index contributed by atoms with van der Waals surface area (Å²) >= 11 is 0. The van der Waals surface area contributed by atoms with Gasteiger partial charge in [-0.15, -0.1) is 0 Å². The first-order valence-electron chi connectivity index (χ1n) is 5.01. The summed E-state index contributed by atoms with van der Waals surface area (Å²) in [7, 11) is 0. The van der Waals surface area contributed by atoms with Crippen LogP contribution in [-0.2, 0) is 6.54 Å². The largest absolute Gasteiger partial charge is 0.491 e. The highest BCUT2D eigenvalue weighted by Gasteiger charge is 2.07. The van der Waals surface area contributed by atoms with E-state index in [1.165, 1.54) is 0 Å². The molecule has 0 unspecified atom stereocenters. The number of nitrogens with two attached hydrogens (primary N) is 1. The molecule has 0 heterocycles. The Morgan fingerprint density at radius 1 is 1.56 bits per heavy atom. The second-order valence-electron chi connectivity index (χ2n) is 3.69. The quantitative estimate of drug-likeness (QED) is 0.681. The van der Waals surface area contributed by atoms with E-state index < -0.39 is 6.09 Å². The molecule has 0 atom stereocenters. The molecule has 0 fully saturated rings. The first kappa shape index (κ1) is 12.2. The Hall–Kier alpha value is -1.91. The van der Waals surface area contributed by atoms with Gasteiger partial charge in [0.2, 0.25) is 0 Å². The van der Waals surface area contributed by atoms with Crippen molar-refractivity contribution in [3.05, 3.63) is 23.8 Å². The SMILES string of the molecule is CC(C)Oc1ccc(N)cc1CNC(=O)O. The van der Waals surface area contributed by atoms with Crippen LogP contribution in [0.1, 0.15) is 19.4 Å². The number of hydrogen-bond acceptors (Lipinski definition) is 3. The lowest BCUT2D eigenvalue weighted by atomic mass is 10.1. The number of carboxylic acid groups (broad SMARTS) is 1. The van der Waals surface area contributed by atoms with Gasteiger partial charge in [0.1, 0.15) is 5.75 Å². The lowest BCUT2D eigenvalue weighted by molar-refractivity contribution is 0.193. The van der Waals surface area contributed by atoms with Gasteiger partial charge in [-0.3, -0.25) is 0 Å². The Balaban J connectivity index is 2.84. The van der Waals surface area contributed by atoms with Crippen molar-refractivity contribution in [3.8, 4) is 5.75 Å². The highest BCUT2D eigenvalue weighted by molar-refractivity contribution is 5.64. The first-order chi connectivity index (χ1) is 7.49. The van der Waals surface area contributed by atoms with Gasteiger partial charge >= 0.3 is 6.09 Å².